The molecule has 2 N–H and O–H groups in total. The summed E-state index contributed by atoms with van der Waals surface area (Å²) in [6, 6.07) is 9.92. The molecule has 0 aromatic heterocycles. The van der Waals surface area contributed by atoms with Gasteiger partial charge >= 0.3 is 5.97 Å². The van der Waals surface area contributed by atoms with E-state index in [1.54, 1.807) is 12.1 Å². The second-order valence-corrected chi connectivity index (χ2v) is 7.92. The van der Waals surface area contributed by atoms with Gasteiger partial charge in [0.2, 0.25) is 0 Å². The normalized spacial score (nSPS) is 20.3. The Labute approximate surface area is 169 Å². The lowest BCUT2D eigenvalue weighted by Gasteiger charge is -2.26. The number of fused-ring (bicyclic) bond motifs is 1. The zero-order chi connectivity index (χ0) is 20.6. The average Bonchev–Trinajstić information content (AvgIpc) is 3.35. The number of nitrogens with one attached hydrogen (secondary N) is 1. The van der Waals surface area contributed by atoms with Gasteiger partial charge in [-0.2, -0.15) is 0 Å². The Hall–Kier alpha value is -2.95. The van der Waals surface area contributed by atoms with Crippen molar-refractivity contribution in [1.29, 1.82) is 0 Å². The summed E-state index contributed by atoms with van der Waals surface area (Å²) in [5.74, 6) is -1.89. The van der Waals surface area contributed by atoms with Gasteiger partial charge in [0.1, 0.15) is 11.4 Å². The second-order valence-electron chi connectivity index (χ2n) is 7.92. The molecule has 2 aromatic carbocycles. The quantitative estimate of drug-likeness (QED) is 0.796. The van der Waals surface area contributed by atoms with E-state index in [9.17, 15) is 19.1 Å². The van der Waals surface area contributed by atoms with Gasteiger partial charge in [0.15, 0.2) is 0 Å². The fraction of sp³-hybridized carbons (Fsp3) is 0.333. The van der Waals surface area contributed by atoms with Gasteiger partial charge in [0.05, 0.1) is 0 Å². The highest BCUT2D eigenvalue weighted by Gasteiger charge is 2.46. The van der Waals surface area contributed by atoms with E-state index in [1.165, 1.54) is 12.1 Å². The maximum atomic E-state index is 13.6. The molecule has 0 aliphatic heterocycles. The summed E-state index contributed by atoms with van der Waals surface area (Å²) < 4.78 is 13.6. The van der Waals surface area contributed by atoms with Crippen LogP contribution in [0.5, 0.6) is 0 Å². The number of rotatable bonds is 5. The Morgan fingerprint density at radius 1 is 1.17 bits per heavy atom. The zero-order valence-electron chi connectivity index (χ0n) is 16.4. The molecule has 2 aliphatic carbocycles. The van der Waals surface area contributed by atoms with Crippen LogP contribution in [0.1, 0.15) is 58.8 Å². The summed E-state index contributed by atoms with van der Waals surface area (Å²) in [7, 11) is 0. The van der Waals surface area contributed by atoms with Gasteiger partial charge in [-0.3, -0.25) is 4.79 Å². The van der Waals surface area contributed by atoms with Gasteiger partial charge in [-0.25, -0.2) is 9.18 Å². The molecule has 0 fully saturated rings. The van der Waals surface area contributed by atoms with Crippen molar-refractivity contribution in [1.82, 2.24) is 5.32 Å². The second kappa shape index (κ2) is 7.47. The predicted molar refractivity (Wildman–Crippen MR) is 109 cm³/mol. The van der Waals surface area contributed by atoms with Gasteiger partial charge < -0.3 is 10.4 Å². The van der Waals surface area contributed by atoms with E-state index in [1.807, 2.05) is 12.1 Å². The Balaban J connectivity index is 1.70. The number of benzene rings is 2. The molecule has 4 nitrogen and oxygen atoms in total. The molecule has 29 heavy (non-hydrogen) atoms. The number of carbonyl (C=O) groups is 2. The van der Waals surface area contributed by atoms with Gasteiger partial charge in [-0.05, 0) is 71.7 Å². The summed E-state index contributed by atoms with van der Waals surface area (Å²) in [5, 5.41) is 12.8. The third-order valence-corrected chi connectivity index (χ3v) is 6.05. The van der Waals surface area contributed by atoms with Crippen LogP contribution in [0, 0.1) is 5.82 Å². The molecule has 2 aliphatic rings. The molecule has 2 aromatic rings. The summed E-state index contributed by atoms with van der Waals surface area (Å²) in [5.41, 5.74) is 3.63. The smallest absolute Gasteiger partial charge is 0.330 e. The number of hydrogen-bond donors (Lipinski definition) is 2. The van der Waals surface area contributed by atoms with Gasteiger partial charge in [-0.15, -0.1) is 0 Å². The molecule has 0 radical (unpaired) electrons. The Kier molecular flexibility index (Phi) is 4.99. The van der Waals surface area contributed by atoms with E-state index in [0.29, 0.717) is 11.1 Å². The Morgan fingerprint density at radius 2 is 1.97 bits per heavy atom. The van der Waals surface area contributed by atoms with Crippen LogP contribution in [0.4, 0.5) is 4.39 Å². The number of amides is 1. The minimum Gasteiger partial charge on any atom is -0.479 e. The van der Waals surface area contributed by atoms with Crippen LogP contribution in [-0.2, 0) is 24.1 Å². The van der Waals surface area contributed by atoms with Crippen molar-refractivity contribution in [3.63, 3.8) is 0 Å². The van der Waals surface area contributed by atoms with Crippen molar-refractivity contribution in [2.24, 2.45) is 0 Å². The van der Waals surface area contributed by atoms with E-state index in [4.69, 9.17) is 0 Å². The lowest BCUT2D eigenvalue weighted by molar-refractivity contribution is -0.144. The largest absolute Gasteiger partial charge is 0.479 e. The highest BCUT2D eigenvalue weighted by molar-refractivity contribution is 6.02. The maximum absolute atomic E-state index is 13.6. The first-order valence-electron chi connectivity index (χ1n) is 10.1. The van der Waals surface area contributed by atoms with E-state index >= 15 is 0 Å². The number of halogens is 1. The van der Waals surface area contributed by atoms with E-state index in [0.717, 1.165) is 47.9 Å². The lowest BCUT2D eigenvalue weighted by Crippen LogP contribution is -2.55. The molecule has 5 heteroatoms. The highest BCUT2D eigenvalue weighted by Crippen LogP contribution is 2.35. The van der Waals surface area contributed by atoms with Crippen LogP contribution in [0.2, 0.25) is 0 Å². The number of hydrogen-bond acceptors (Lipinski definition) is 2. The van der Waals surface area contributed by atoms with Crippen LogP contribution in [0.15, 0.2) is 42.5 Å². The van der Waals surface area contributed by atoms with Crippen LogP contribution in [0.25, 0.3) is 5.57 Å². The lowest BCUT2D eigenvalue weighted by atomic mass is 9.90. The van der Waals surface area contributed by atoms with Crippen molar-refractivity contribution in [2.75, 3.05) is 0 Å². The van der Waals surface area contributed by atoms with E-state index in [-0.39, 0.29) is 12.8 Å². The van der Waals surface area contributed by atoms with Gasteiger partial charge in [0.25, 0.3) is 5.91 Å². The van der Waals surface area contributed by atoms with Crippen molar-refractivity contribution in [3.05, 3.63) is 76.1 Å². The van der Waals surface area contributed by atoms with Crippen molar-refractivity contribution < 1.29 is 19.1 Å². The van der Waals surface area contributed by atoms with Crippen molar-refractivity contribution in [3.8, 4) is 0 Å². The first kappa shape index (κ1) is 19.4. The molecule has 1 amide bonds. The molecule has 0 saturated carbocycles. The molecule has 1 atom stereocenters. The van der Waals surface area contributed by atoms with Crippen LogP contribution in [0.3, 0.4) is 0 Å². The first-order chi connectivity index (χ1) is 13.9. The van der Waals surface area contributed by atoms with Crippen molar-refractivity contribution >= 4 is 17.4 Å². The predicted octanol–water partition coefficient (Wildman–Crippen LogP) is 4.31. The minimum atomic E-state index is -1.46. The SMILES string of the molecule is CCc1cccc(C(=O)NC2(C(=O)O)Cc3ccc(F)cc3C2)c1C1=CCCC1. The minimum absolute atomic E-state index is 0.0761. The third-order valence-electron chi connectivity index (χ3n) is 6.05. The molecule has 0 saturated heterocycles. The number of carbonyl (C=O) groups excluding carboxylic acids is 1. The summed E-state index contributed by atoms with van der Waals surface area (Å²) in [4.78, 5) is 25.5. The molecular weight excluding hydrogens is 369 g/mol. The topological polar surface area (TPSA) is 66.4 Å². The number of aliphatic carboxylic acids is 1. The summed E-state index contributed by atoms with van der Waals surface area (Å²) in [6.07, 6.45) is 6.17. The molecule has 0 spiro atoms. The van der Waals surface area contributed by atoms with Crippen LogP contribution >= 0.6 is 0 Å². The summed E-state index contributed by atoms with van der Waals surface area (Å²) >= 11 is 0. The molecule has 1 unspecified atom stereocenters. The number of aryl methyl sites for hydroxylation is 1. The third kappa shape index (κ3) is 3.46. The maximum Gasteiger partial charge on any atom is 0.330 e. The standard InChI is InChI=1S/C24H24FNO3/c1-2-15-8-5-9-20(21(15)16-6-3-4-7-16)22(27)26-24(23(28)29)13-17-10-11-19(25)12-18(17)14-24/h5-6,8-12H,2-4,7,13-14H2,1H3,(H,26,27)(H,28,29). The summed E-state index contributed by atoms with van der Waals surface area (Å²) in [6.45, 7) is 2.05. The number of carboxylic acids is 1. The fourth-order valence-electron chi connectivity index (χ4n) is 4.58. The fourth-order valence-corrected chi connectivity index (χ4v) is 4.58. The molecule has 0 heterocycles. The first-order valence-corrected chi connectivity index (χ1v) is 10.1. The monoisotopic (exact) mass is 393 g/mol. The van der Waals surface area contributed by atoms with Gasteiger partial charge in [-0.1, -0.05) is 31.2 Å². The Bertz CT molecular complexity index is 1030. The molecule has 150 valence electrons. The Morgan fingerprint density at radius 3 is 2.66 bits per heavy atom. The number of allylic oxidation sites excluding steroid dienone is 2. The molecule has 0 bridgehead atoms. The molecule has 4 rings (SSSR count). The van der Waals surface area contributed by atoms with Crippen LogP contribution in [-0.4, -0.2) is 22.5 Å². The van der Waals surface area contributed by atoms with Crippen LogP contribution < -0.4 is 5.32 Å². The van der Waals surface area contributed by atoms with E-state index < -0.39 is 23.2 Å². The molecular formula is C24H24FNO3. The number of carboxylic acid groups (broad SMARTS) is 1. The zero-order valence-corrected chi connectivity index (χ0v) is 16.4. The van der Waals surface area contributed by atoms with Gasteiger partial charge in [0, 0.05) is 18.4 Å². The average molecular weight is 393 g/mol. The van der Waals surface area contributed by atoms with E-state index in [2.05, 4.69) is 18.3 Å². The van der Waals surface area contributed by atoms with Crippen molar-refractivity contribution in [2.45, 2.75) is 51.0 Å². The highest BCUT2D eigenvalue weighted by atomic mass is 19.1.